The minimum atomic E-state index is -4.23. The zero-order chi connectivity index (χ0) is 29.3. The van der Waals surface area contributed by atoms with Crippen LogP contribution in [0.15, 0.2) is 97.2 Å². The lowest BCUT2D eigenvalue weighted by atomic mass is 10.0. The van der Waals surface area contributed by atoms with Crippen LogP contribution in [0.3, 0.4) is 0 Å². The number of aromatic nitrogens is 1. The summed E-state index contributed by atoms with van der Waals surface area (Å²) in [5.74, 6) is -1.15. The first-order valence-electron chi connectivity index (χ1n) is 12.2. The van der Waals surface area contributed by atoms with E-state index in [1.165, 1.54) is 60.7 Å². The SMILES string of the molecule is C=CCN(CC=C)C(=O)C=Cc1cc(C)c(N(Cc2cccnc2)S(=O)(=O)c2ccc(OC)cc2)c(C(=O)O)c1. The average Bonchev–Trinajstić information content (AvgIpc) is 2.95. The molecule has 0 spiro atoms. The van der Waals surface area contributed by atoms with Gasteiger partial charge in [-0.2, -0.15) is 0 Å². The molecule has 0 aliphatic rings. The smallest absolute Gasteiger partial charge is 0.337 e. The number of benzene rings is 2. The maximum absolute atomic E-state index is 14.0. The van der Waals surface area contributed by atoms with Crippen LogP contribution in [-0.4, -0.2) is 55.5 Å². The Kier molecular flexibility index (Phi) is 9.99. The van der Waals surface area contributed by atoms with E-state index in [0.717, 1.165) is 4.31 Å². The van der Waals surface area contributed by atoms with Gasteiger partial charge in [0.1, 0.15) is 5.75 Å². The quantitative estimate of drug-likeness (QED) is 0.237. The summed E-state index contributed by atoms with van der Waals surface area (Å²) in [7, 11) is -2.76. The van der Waals surface area contributed by atoms with Crippen molar-refractivity contribution in [2.24, 2.45) is 0 Å². The Labute approximate surface area is 234 Å². The van der Waals surface area contributed by atoms with Crippen LogP contribution >= 0.6 is 0 Å². The van der Waals surface area contributed by atoms with Gasteiger partial charge in [0.2, 0.25) is 5.91 Å². The molecule has 40 heavy (non-hydrogen) atoms. The number of amides is 1. The Bertz CT molecular complexity index is 1510. The molecule has 0 unspecified atom stereocenters. The summed E-state index contributed by atoms with van der Waals surface area (Å²) in [5.41, 5.74) is 1.15. The van der Waals surface area contributed by atoms with Gasteiger partial charge in [-0.15, -0.1) is 13.2 Å². The molecular weight excluding hydrogens is 530 g/mol. The number of sulfonamides is 1. The number of anilines is 1. The number of carboxylic acids is 1. The molecule has 0 saturated heterocycles. The van der Waals surface area contributed by atoms with Crippen LogP contribution in [0.25, 0.3) is 6.08 Å². The molecule has 2 aromatic carbocycles. The zero-order valence-corrected chi connectivity index (χ0v) is 23.2. The monoisotopic (exact) mass is 561 g/mol. The van der Waals surface area contributed by atoms with Crippen LogP contribution in [0.1, 0.15) is 27.0 Å². The molecule has 9 nitrogen and oxygen atoms in total. The predicted molar refractivity (Wildman–Crippen MR) is 155 cm³/mol. The normalized spacial score (nSPS) is 11.2. The second kappa shape index (κ2) is 13.4. The lowest BCUT2D eigenvalue weighted by molar-refractivity contribution is -0.125. The summed E-state index contributed by atoms with van der Waals surface area (Å²) in [6.45, 7) is 9.41. The molecule has 0 aliphatic carbocycles. The zero-order valence-electron chi connectivity index (χ0n) is 22.4. The predicted octanol–water partition coefficient (Wildman–Crippen LogP) is 4.71. The van der Waals surface area contributed by atoms with E-state index in [1.54, 1.807) is 43.5 Å². The van der Waals surface area contributed by atoms with Gasteiger partial charge in [0, 0.05) is 31.6 Å². The Balaban J connectivity index is 2.14. The summed E-state index contributed by atoms with van der Waals surface area (Å²) in [6.07, 6.45) is 9.09. The summed E-state index contributed by atoms with van der Waals surface area (Å²) in [4.78, 5) is 30.7. The number of hydrogen-bond acceptors (Lipinski definition) is 6. The molecule has 3 aromatic rings. The first kappa shape index (κ1) is 29.9. The number of pyridine rings is 1. The van der Waals surface area contributed by atoms with Gasteiger partial charge in [-0.3, -0.25) is 14.1 Å². The minimum Gasteiger partial charge on any atom is -0.497 e. The van der Waals surface area contributed by atoms with Crippen LogP contribution in [-0.2, 0) is 21.4 Å². The van der Waals surface area contributed by atoms with E-state index in [9.17, 15) is 23.1 Å². The number of carbonyl (C=O) groups excluding carboxylic acids is 1. The number of methoxy groups -OCH3 is 1. The Hall–Kier alpha value is -4.70. The lowest BCUT2D eigenvalue weighted by Crippen LogP contribution is -2.32. The van der Waals surface area contributed by atoms with Crippen LogP contribution in [0.5, 0.6) is 5.75 Å². The number of aryl methyl sites for hydroxylation is 1. The third kappa shape index (κ3) is 7.03. The molecule has 1 amide bonds. The van der Waals surface area contributed by atoms with Crippen molar-refractivity contribution in [2.45, 2.75) is 18.4 Å². The third-order valence-corrected chi connectivity index (χ3v) is 7.69. The highest BCUT2D eigenvalue weighted by atomic mass is 32.2. The summed E-state index contributed by atoms with van der Waals surface area (Å²) >= 11 is 0. The van der Waals surface area contributed by atoms with Crippen LogP contribution < -0.4 is 9.04 Å². The number of carbonyl (C=O) groups is 2. The first-order valence-corrected chi connectivity index (χ1v) is 13.7. The summed E-state index contributed by atoms with van der Waals surface area (Å²) in [5, 5.41) is 10.2. The van der Waals surface area contributed by atoms with E-state index in [1.807, 2.05) is 0 Å². The molecular formula is C30H31N3O6S. The Morgan fingerprint density at radius 2 is 1.75 bits per heavy atom. The standard InChI is InChI=1S/C30H31N3O6S/c1-5-16-32(17-6-2)28(34)14-9-23-18-22(3)29(27(19-23)30(35)36)33(21-24-8-7-15-31-20-24)40(37,38)26-12-10-25(39-4)11-13-26/h5-15,18-20H,1-2,16-17,21H2,3-4H3,(H,35,36). The molecule has 0 radical (unpaired) electrons. The van der Waals surface area contributed by atoms with E-state index in [4.69, 9.17) is 4.74 Å². The fraction of sp³-hybridized carbons (Fsp3) is 0.167. The van der Waals surface area contributed by atoms with Crippen molar-refractivity contribution in [3.63, 3.8) is 0 Å². The van der Waals surface area contributed by atoms with Crippen molar-refractivity contribution in [1.29, 1.82) is 0 Å². The topological polar surface area (TPSA) is 117 Å². The maximum atomic E-state index is 14.0. The van der Waals surface area contributed by atoms with Crippen molar-refractivity contribution in [3.05, 3.63) is 115 Å². The molecule has 0 fully saturated rings. The molecule has 3 rings (SSSR count). The number of hydrogen-bond donors (Lipinski definition) is 1. The molecule has 10 heteroatoms. The minimum absolute atomic E-state index is 0.00980. The third-order valence-electron chi connectivity index (χ3n) is 5.93. The van der Waals surface area contributed by atoms with E-state index >= 15 is 0 Å². The second-order valence-electron chi connectivity index (χ2n) is 8.74. The Morgan fingerprint density at radius 1 is 1.07 bits per heavy atom. The number of nitrogens with zero attached hydrogens (tertiary/aromatic N) is 3. The largest absolute Gasteiger partial charge is 0.497 e. The van der Waals surface area contributed by atoms with Gasteiger partial charge in [0.15, 0.2) is 0 Å². The maximum Gasteiger partial charge on any atom is 0.337 e. The van der Waals surface area contributed by atoms with E-state index in [0.29, 0.717) is 35.5 Å². The first-order chi connectivity index (χ1) is 19.1. The van der Waals surface area contributed by atoms with Crippen molar-refractivity contribution in [3.8, 4) is 5.75 Å². The van der Waals surface area contributed by atoms with Crippen LogP contribution in [0.2, 0.25) is 0 Å². The summed E-state index contributed by atoms with van der Waals surface area (Å²) in [6, 6.07) is 12.2. The Morgan fingerprint density at radius 3 is 2.30 bits per heavy atom. The second-order valence-corrected chi connectivity index (χ2v) is 10.6. The number of carboxylic acid groups (broad SMARTS) is 1. The number of ether oxygens (including phenoxy) is 1. The van der Waals surface area contributed by atoms with Crippen LogP contribution in [0, 0.1) is 6.92 Å². The molecule has 0 saturated carbocycles. The van der Waals surface area contributed by atoms with Gasteiger partial charge in [0.25, 0.3) is 10.0 Å². The molecule has 0 atom stereocenters. The molecule has 208 valence electrons. The van der Waals surface area contributed by atoms with Crippen molar-refractivity contribution in [2.75, 3.05) is 24.5 Å². The van der Waals surface area contributed by atoms with E-state index in [-0.39, 0.29) is 28.6 Å². The van der Waals surface area contributed by atoms with E-state index in [2.05, 4.69) is 18.1 Å². The molecule has 1 aromatic heterocycles. The molecule has 0 aliphatic heterocycles. The number of rotatable bonds is 13. The van der Waals surface area contributed by atoms with Gasteiger partial charge >= 0.3 is 5.97 Å². The lowest BCUT2D eigenvalue weighted by Gasteiger charge is -2.28. The fourth-order valence-corrected chi connectivity index (χ4v) is 5.59. The van der Waals surface area contributed by atoms with Gasteiger partial charge in [-0.1, -0.05) is 18.2 Å². The van der Waals surface area contributed by atoms with Gasteiger partial charge < -0.3 is 14.7 Å². The van der Waals surface area contributed by atoms with Gasteiger partial charge in [-0.05, 0) is 72.2 Å². The highest BCUT2D eigenvalue weighted by molar-refractivity contribution is 7.92. The summed E-state index contributed by atoms with van der Waals surface area (Å²) < 4.78 is 34.1. The molecule has 1 N–H and O–H groups in total. The van der Waals surface area contributed by atoms with Crippen molar-refractivity contribution in [1.82, 2.24) is 9.88 Å². The molecule has 0 bridgehead atoms. The van der Waals surface area contributed by atoms with Gasteiger partial charge in [-0.25, -0.2) is 13.2 Å². The van der Waals surface area contributed by atoms with Gasteiger partial charge in [0.05, 0.1) is 29.8 Å². The highest BCUT2D eigenvalue weighted by Crippen LogP contribution is 2.34. The van der Waals surface area contributed by atoms with Crippen molar-refractivity contribution < 1.29 is 27.9 Å². The highest BCUT2D eigenvalue weighted by Gasteiger charge is 2.30. The fourth-order valence-electron chi connectivity index (χ4n) is 4.05. The molecule has 1 heterocycles. The number of aromatic carboxylic acids is 1. The van der Waals surface area contributed by atoms with Crippen LogP contribution in [0.4, 0.5) is 5.69 Å². The van der Waals surface area contributed by atoms with E-state index < -0.39 is 16.0 Å². The average molecular weight is 562 g/mol. The van der Waals surface area contributed by atoms with Crippen molar-refractivity contribution >= 4 is 33.7 Å².